The number of carbonyl (C=O) groups excluding carboxylic acids is 1. The highest BCUT2D eigenvalue weighted by atomic mass is 17.0. The Morgan fingerprint density at radius 3 is 2.12 bits per heavy atom. The average molecular weight is 226 g/mol. The van der Waals surface area contributed by atoms with Gasteiger partial charge in [-0.25, -0.2) is 0 Å². The molecule has 0 aliphatic carbocycles. The standard InChI is InChI=1S/C8H10O.C4H6O.H2O2/c1-2-9-8-6-4-3-5-7-8;1-4(2)3-5;1-2/h3-7H,2H2,1H3;3H,1H2,2H3;1-2H. The topological polar surface area (TPSA) is 66.8 Å². The van der Waals surface area contributed by atoms with Gasteiger partial charge in [-0.2, -0.15) is 0 Å². The molecule has 0 bridgehead atoms. The van der Waals surface area contributed by atoms with Crippen LogP contribution in [0, 0.1) is 0 Å². The second-order valence-corrected chi connectivity index (χ2v) is 2.71. The van der Waals surface area contributed by atoms with Gasteiger partial charge in [0, 0.05) is 0 Å². The van der Waals surface area contributed by atoms with Crippen LogP contribution >= 0.6 is 0 Å². The first-order valence-corrected chi connectivity index (χ1v) is 4.69. The molecule has 0 aliphatic heterocycles. The number of carbonyl (C=O) groups is 1. The number of rotatable bonds is 3. The fraction of sp³-hybridized carbons (Fsp3) is 0.250. The molecule has 0 heterocycles. The van der Waals surface area contributed by atoms with Gasteiger partial charge in [-0.15, -0.1) is 0 Å². The Morgan fingerprint density at radius 1 is 1.38 bits per heavy atom. The van der Waals surface area contributed by atoms with Crippen LogP contribution < -0.4 is 4.74 Å². The Labute approximate surface area is 95.7 Å². The van der Waals surface area contributed by atoms with Crippen molar-refractivity contribution in [2.45, 2.75) is 13.8 Å². The lowest BCUT2D eigenvalue weighted by atomic mass is 10.3. The van der Waals surface area contributed by atoms with Crippen molar-refractivity contribution in [3.63, 3.8) is 0 Å². The summed E-state index contributed by atoms with van der Waals surface area (Å²) in [5.74, 6) is 0.944. The molecule has 0 saturated carbocycles. The summed E-state index contributed by atoms with van der Waals surface area (Å²) in [6.07, 6.45) is 0.722. The van der Waals surface area contributed by atoms with E-state index in [9.17, 15) is 4.79 Å². The second kappa shape index (κ2) is 13.4. The van der Waals surface area contributed by atoms with E-state index in [1.807, 2.05) is 37.3 Å². The molecule has 1 aromatic rings. The summed E-state index contributed by atoms with van der Waals surface area (Å²) >= 11 is 0. The predicted molar refractivity (Wildman–Crippen MR) is 63.7 cm³/mol. The van der Waals surface area contributed by atoms with E-state index in [1.54, 1.807) is 6.92 Å². The Bertz CT molecular complexity index is 270. The number of aldehydes is 1. The van der Waals surface area contributed by atoms with Crippen molar-refractivity contribution in [2.75, 3.05) is 6.61 Å². The number of hydrogen-bond acceptors (Lipinski definition) is 4. The van der Waals surface area contributed by atoms with Crippen molar-refractivity contribution in [1.29, 1.82) is 0 Å². The number of para-hydroxylation sites is 1. The molecule has 0 saturated heterocycles. The summed E-state index contributed by atoms with van der Waals surface area (Å²) in [7, 11) is 0. The van der Waals surface area contributed by atoms with E-state index >= 15 is 0 Å². The van der Waals surface area contributed by atoms with E-state index in [-0.39, 0.29) is 0 Å². The van der Waals surface area contributed by atoms with Gasteiger partial charge in [-0.3, -0.25) is 15.3 Å². The maximum Gasteiger partial charge on any atom is 0.145 e. The molecule has 0 fully saturated rings. The van der Waals surface area contributed by atoms with E-state index in [1.165, 1.54) is 0 Å². The monoisotopic (exact) mass is 226 g/mol. The van der Waals surface area contributed by atoms with Crippen LogP contribution in [0.15, 0.2) is 42.5 Å². The molecule has 0 radical (unpaired) electrons. The SMILES string of the molecule is C=C(C)C=O.CCOc1ccccc1.OO. The van der Waals surface area contributed by atoms with Gasteiger partial charge in [0.05, 0.1) is 6.61 Å². The van der Waals surface area contributed by atoms with Gasteiger partial charge in [0.25, 0.3) is 0 Å². The molecule has 0 aromatic heterocycles. The zero-order chi connectivity index (χ0) is 12.8. The van der Waals surface area contributed by atoms with Crippen molar-refractivity contribution in [3.05, 3.63) is 42.5 Å². The maximum atomic E-state index is 9.41. The van der Waals surface area contributed by atoms with Gasteiger partial charge in [0.15, 0.2) is 0 Å². The Hall–Kier alpha value is -1.65. The summed E-state index contributed by atoms with van der Waals surface area (Å²) < 4.78 is 5.21. The van der Waals surface area contributed by atoms with E-state index in [0.29, 0.717) is 5.57 Å². The van der Waals surface area contributed by atoms with Crippen LogP contribution in [-0.4, -0.2) is 23.4 Å². The quantitative estimate of drug-likeness (QED) is 0.360. The van der Waals surface area contributed by atoms with E-state index < -0.39 is 0 Å². The first kappa shape index (κ1) is 16.8. The van der Waals surface area contributed by atoms with Crippen molar-refractivity contribution in [3.8, 4) is 5.75 Å². The van der Waals surface area contributed by atoms with Crippen LogP contribution in [0.25, 0.3) is 0 Å². The lowest BCUT2D eigenvalue weighted by Crippen LogP contribution is -1.89. The number of ether oxygens (including phenoxy) is 1. The third kappa shape index (κ3) is 12.3. The molecular formula is C12H18O4. The van der Waals surface area contributed by atoms with Crippen LogP contribution in [-0.2, 0) is 4.79 Å². The summed E-state index contributed by atoms with van der Waals surface area (Å²) in [4.78, 5) is 9.41. The minimum Gasteiger partial charge on any atom is -0.494 e. The molecule has 4 nitrogen and oxygen atoms in total. The van der Waals surface area contributed by atoms with Crippen LogP contribution in [0.1, 0.15) is 13.8 Å². The van der Waals surface area contributed by atoms with Crippen LogP contribution in [0.3, 0.4) is 0 Å². The highest BCUT2D eigenvalue weighted by Gasteiger charge is 1.83. The molecule has 0 spiro atoms. The third-order valence-electron chi connectivity index (χ3n) is 1.26. The lowest BCUT2D eigenvalue weighted by Gasteiger charge is -1.99. The molecule has 16 heavy (non-hydrogen) atoms. The fourth-order valence-electron chi connectivity index (χ4n) is 0.683. The van der Waals surface area contributed by atoms with Crippen molar-refractivity contribution >= 4 is 6.29 Å². The van der Waals surface area contributed by atoms with Crippen LogP contribution in [0.2, 0.25) is 0 Å². The van der Waals surface area contributed by atoms with Gasteiger partial charge in [0.1, 0.15) is 12.0 Å². The molecular weight excluding hydrogens is 208 g/mol. The van der Waals surface area contributed by atoms with Gasteiger partial charge >= 0.3 is 0 Å². The van der Waals surface area contributed by atoms with Crippen molar-refractivity contribution in [2.24, 2.45) is 0 Å². The van der Waals surface area contributed by atoms with Gasteiger partial charge in [-0.05, 0) is 31.6 Å². The smallest absolute Gasteiger partial charge is 0.145 e. The van der Waals surface area contributed by atoms with Gasteiger partial charge in [0.2, 0.25) is 0 Å². The lowest BCUT2D eigenvalue weighted by molar-refractivity contribution is -0.176. The minimum atomic E-state index is 0.574. The molecule has 1 rings (SSSR count). The fourth-order valence-corrected chi connectivity index (χ4v) is 0.683. The van der Waals surface area contributed by atoms with Crippen LogP contribution in [0.5, 0.6) is 5.75 Å². The molecule has 0 aliphatic rings. The Balaban J connectivity index is 0. The number of benzene rings is 1. The van der Waals surface area contributed by atoms with Crippen molar-refractivity contribution in [1.82, 2.24) is 0 Å². The summed E-state index contributed by atoms with van der Waals surface area (Å²) in [5.41, 5.74) is 0.574. The highest BCUT2D eigenvalue weighted by Crippen LogP contribution is 2.06. The maximum absolute atomic E-state index is 9.41. The molecule has 0 amide bonds. The molecule has 0 unspecified atom stereocenters. The van der Waals surface area contributed by atoms with Gasteiger partial charge in [-0.1, -0.05) is 24.8 Å². The molecule has 90 valence electrons. The number of allylic oxidation sites excluding steroid dienone is 1. The molecule has 2 N–H and O–H groups in total. The van der Waals surface area contributed by atoms with Crippen LogP contribution in [0.4, 0.5) is 0 Å². The third-order valence-corrected chi connectivity index (χ3v) is 1.26. The summed E-state index contributed by atoms with van der Waals surface area (Å²) in [6, 6.07) is 9.80. The summed E-state index contributed by atoms with van der Waals surface area (Å²) in [6.45, 7) is 7.68. The molecule has 4 heteroatoms. The Kier molecular flexibility index (Phi) is 14.0. The average Bonchev–Trinajstić information content (AvgIpc) is 2.34. The molecule has 1 aromatic carbocycles. The summed E-state index contributed by atoms with van der Waals surface area (Å²) in [5, 5.41) is 12.0. The van der Waals surface area contributed by atoms with Crippen molar-refractivity contribution < 1.29 is 20.0 Å². The van der Waals surface area contributed by atoms with E-state index in [2.05, 4.69) is 6.58 Å². The zero-order valence-corrected chi connectivity index (χ0v) is 9.59. The normalized spacial score (nSPS) is 7.50. The predicted octanol–water partition coefficient (Wildman–Crippen LogP) is 2.86. The minimum absolute atomic E-state index is 0.574. The van der Waals surface area contributed by atoms with Gasteiger partial charge < -0.3 is 4.74 Å². The Morgan fingerprint density at radius 2 is 1.81 bits per heavy atom. The largest absolute Gasteiger partial charge is 0.494 e. The van der Waals surface area contributed by atoms with E-state index in [0.717, 1.165) is 18.6 Å². The first-order chi connectivity index (χ1) is 7.70. The second-order valence-electron chi connectivity index (χ2n) is 2.71. The first-order valence-electron chi connectivity index (χ1n) is 4.69. The number of hydrogen-bond donors (Lipinski definition) is 2. The zero-order valence-electron chi connectivity index (χ0n) is 9.59. The highest BCUT2D eigenvalue weighted by molar-refractivity contribution is 5.70. The van der Waals surface area contributed by atoms with E-state index in [4.69, 9.17) is 15.3 Å². The molecule has 0 atom stereocenters.